The Hall–Kier alpha value is -1.36. The molecule has 0 aliphatic rings. The van der Waals surface area contributed by atoms with Crippen LogP contribution in [0.25, 0.3) is 0 Å². The first-order valence-electron chi connectivity index (χ1n) is 4.74. The van der Waals surface area contributed by atoms with Crippen LogP contribution in [0.4, 0.5) is 0 Å². The van der Waals surface area contributed by atoms with Gasteiger partial charge in [-0.25, -0.2) is 10.1 Å². The largest absolute Gasteiger partial charge is 0.443 e. The van der Waals surface area contributed by atoms with E-state index in [1.807, 2.05) is 13.8 Å². The molecule has 0 rings (SSSR count). The Morgan fingerprint density at radius 1 is 1.40 bits per heavy atom. The fraction of sp³-hybridized carbons (Fsp3) is 0.600. The van der Waals surface area contributed by atoms with Crippen LogP contribution in [0.3, 0.4) is 0 Å². The van der Waals surface area contributed by atoms with Crippen molar-refractivity contribution < 1.29 is 14.4 Å². The SMILES string of the molecule is C/C=C/OC(=NC)C(=O)N(C)OC.CC. The number of carbonyl (C=O) groups excluding carboxylic acids is 1. The summed E-state index contributed by atoms with van der Waals surface area (Å²) in [5.74, 6) is -0.439. The first-order chi connectivity index (χ1) is 7.17. The minimum Gasteiger partial charge on any atom is -0.443 e. The zero-order chi connectivity index (χ0) is 12.3. The van der Waals surface area contributed by atoms with Crippen molar-refractivity contribution >= 4 is 11.8 Å². The summed E-state index contributed by atoms with van der Waals surface area (Å²) < 4.78 is 4.92. The van der Waals surface area contributed by atoms with E-state index in [0.717, 1.165) is 5.06 Å². The molecule has 88 valence electrons. The molecular weight excluding hydrogens is 196 g/mol. The summed E-state index contributed by atoms with van der Waals surface area (Å²) in [6, 6.07) is 0. The van der Waals surface area contributed by atoms with Gasteiger partial charge in [-0.05, 0) is 6.92 Å². The van der Waals surface area contributed by atoms with Gasteiger partial charge >= 0.3 is 5.91 Å². The number of likely N-dealkylation sites (N-methyl/N-ethyl adjacent to an activating group) is 1. The predicted octanol–water partition coefficient (Wildman–Crippen LogP) is 1.61. The lowest BCUT2D eigenvalue weighted by Crippen LogP contribution is -2.33. The van der Waals surface area contributed by atoms with E-state index < -0.39 is 5.91 Å². The highest BCUT2D eigenvalue weighted by Crippen LogP contribution is 1.92. The van der Waals surface area contributed by atoms with Crippen molar-refractivity contribution in [3.8, 4) is 0 Å². The second kappa shape index (κ2) is 10.7. The first kappa shape index (κ1) is 16.1. The zero-order valence-electron chi connectivity index (χ0n) is 10.3. The normalized spacial score (nSPS) is 10.7. The van der Waals surface area contributed by atoms with Gasteiger partial charge in [-0.2, -0.15) is 0 Å². The highest BCUT2D eigenvalue weighted by Gasteiger charge is 2.16. The Balaban J connectivity index is 0. The number of hydrogen-bond acceptors (Lipinski definition) is 4. The average molecular weight is 216 g/mol. The maximum absolute atomic E-state index is 11.3. The number of hydroxylamine groups is 2. The van der Waals surface area contributed by atoms with Crippen LogP contribution in [0.5, 0.6) is 0 Å². The molecule has 0 aromatic rings. The molecule has 0 saturated heterocycles. The molecule has 0 radical (unpaired) electrons. The molecule has 5 heteroatoms. The van der Waals surface area contributed by atoms with Gasteiger partial charge in [0.15, 0.2) is 0 Å². The van der Waals surface area contributed by atoms with Crippen molar-refractivity contribution in [2.45, 2.75) is 20.8 Å². The van der Waals surface area contributed by atoms with Crippen LogP contribution in [-0.2, 0) is 14.4 Å². The molecule has 0 aromatic heterocycles. The van der Waals surface area contributed by atoms with Crippen molar-refractivity contribution in [2.75, 3.05) is 21.2 Å². The Bertz CT molecular complexity index is 225. The second-order valence-corrected chi connectivity index (χ2v) is 2.10. The molecule has 0 spiro atoms. The van der Waals surface area contributed by atoms with Crippen LogP contribution in [0.15, 0.2) is 17.3 Å². The molecule has 0 aromatic carbocycles. The molecule has 0 atom stereocenters. The van der Waals surface area contributed by atoms with E-state index in [-0.39, 0.29) is 5.90 Å². The van der Waals surface area contributed by atoms with Crippen LogP contribution >= 0.6 is 0 Å². The lowest BCUT2D eigenvalue weighted by Gasteiger charge is -2.13. The Morgan fingerprint density at radius 2 is 1.93 bits per heavy atom. The molecule has 0 N–H and O–H groups in total. The molecule has 0 aliphatic carbocycles. The average Bonchev–Trinajstić information content (AvgIpc) is 2.31. The number of carbonyl (C=O) groups is 1. The van der Waals surface area contributed by atoms with E-state index in [9.17, 15) is 4.79 Å². The van der Waals surface area contributed by atoms with E-state index in [4.69, 9.17) is 4.74 Å². The maximum atomic E-state index is 11.3. The van der Waals surface area contributed by atoms with Crippen molar-refractivity contribution in [1.82, 2.24) is 5.06 Å². The Kier molecular flexibility index (Phi) is 11.5. The molecule has 5 nitrogen and oxygen atoms in total. The van der Waals surface area contributed by atoms with Gasteiger partial charge in [0.2, 0.25) is 0 Å². The third kappa shape index (κ3) is 6.68. The number of rotatable bonds is 2. The van der Waals surface area contributed by atoms with Gasteiger partial charge in [0.25, 0.3) is 5.90 Å². The number of amides is 1. The number of nitrogens with zero attached hydrogens (tertiary/aromatic N) is 2. The van der Waals surface area contributed by atoms with Gasteiger partial charge in [0, 0.05) is 14.1 Å². The van der Waals surface area contributed by atoms with Crippen LogP contribution < -0.4 is 0 Å². The topological polar surface area (TPSA) is 51.1 Å². The molecule has 0 aliphatic heterocycles. The number of ether oxygens (including phenoxy) is 1. The van der Waals surface area contributed by atoms with Crippen molar-refractivity contribution in [3.63, 3.8) is 0 Å². The van der Waals surface area contributed by atoms with Crippen molar-refractivity contribution in [3.05, 3.63) is 12.3 Å². The fourth-order valence-corrected chi connectivity index (χ4v) is 0.549. The predicted molar refractivity (Wildman–Crippen MR) is 60.4 cm³/mol. The number of allylic oxidation sites excluding steroid dienone is 1. The molecule has 0 heterocycles. The van der Waals surface area contributed by atoms with Gasteiger partial charge in [-0.3, -0.25) is 9.63 Å². The lowest BCUT2D eigenvalue weighted by molar-refractivity contribution is -0.161. The molecule has 1 amide bonds. The summed E-state index contributed by atoms with van der Waals surface area (Å²) in [4.78, 5) is 19.7. The summed E-state index contributed by atoms with van der Waals surface area (Å²) in [5.41, 5.74) is 0. The lowest BCUT2D eigenvalue weighted by atomic mass is 10.6. The first-order valence-corrected chi connectivity index (χ1v) is 4.74. The molecular formula is C10H20N2O3. The second-order valence-electron chi connectivity index (χ2n) is 2.10. The van der Waals surface area contributed by atoms with Gasteiger partial charge in [-0.1, -0.05) is 19.9 Å². The molecule has 0 saturated carbocycles. The number of aliphatic imine (C=N–C) groups is 1. The minimum absolute atomic E-state index is 0.0116. The van der Waals surface area contributed by atoms with Crippen LogP contribution in [0, 0.1) is 0 Å². The quantitative estimate of drug-likeness (QED) is 0.305. The third-order valence-electron chi connectivity index (χ3n) is 1.26. The summed E-state index contributed by atoms with van der Waals surface area (Å²) in [6.45, 7) is 5.78. The number of hydrogen-bond donors (Lipinski definition) is 0. The fourth-order valence-electron chi connectivity index (χ4n) is 0.549. The van der Waals surface area contributed by atoms with Crippen LogP contribution in [0.1, 0.15) is 20.8 Å². The molecule has 15 heavy (non-hydrogen) atoms. The van der Waals surface area contributed by atoms with E-state index in [2.05, 4.69) is 9.83 Å². The minimum atomic E-state index is -0.428. The highest BCUT2D eigenvalue weighted by atomic mass is 16.7. The zero-order valence-corrected chi connectivity index (χ0v) is 10.3. The smallest absolute Gasteiger partial charge is 0.332 e. The molecule has 0 fully saturated rings. The summed E-state index contributed by atoms with van der Waals surface area (Å²) >= 11 is 0. The van der Waals surface area contributed by atoms with Gasteiger partial charge in [0.1, 0.15) is 0 Å². The van der Waals surface area contributed by atoms with Gasteiger partial charge in [-0.15, -0.1) is 0 Å². The van der Waals surface area contributed by atoms with Crippen molar-refractivity contribution in [1.29, 1.82) is 0 Å². The van der Waals surface area contributed by atoms with Gasteiger partial charge in [0.05, 0.1) is 13.4 Å². The van der Waals surface area contributed by atoms with Gasteiger partial charge < -0.3 is 4.74 Å². The van der Waals surface area contributed by atoms with E-state index in [1.54, 1.807) is 13.0 Å². The highest BCUT2D eigenvalue weighted by molar-refractivity contribution is 6.34. The summed E-state index contributed by atoms with van der Waals surface area (Å²) in [5, 5.41) is 1.03. The maximum Gasteiger partial charge on any atom is 0.332 e. The van der Waals surface area contributed by atoms with E-state index in [0.29, 0.717) is 0 Å². The third-order valence-corrected chi connectivity index (χ3v) is 1.26. The Morgan fingerprint density at radius 3 is 2.27 bits per heavy atom. The van der Waals surface area contributed by atoms with Crippen LogP contribution in [-0.4, -0.2) is 38.1 Å². The standard InChI is InChI=1S/C8H14N2O3.C2H6/c1-5-6-13-7(9-2)8(11)10(3)12-4;1-2/h5-6H,1-4H3;1-2H3/b6-5+,9-7?;. The molecule has 0 unspecified atom stereocenters. The van der Waals surface area contributed by atoms with E-state index >= 15 is 0 Å². The van der Waals surface area contributed by atoms with E-state index in [1.165, 1.54) is 27.5 Å². The van der Waals surface area contributed by atoms with Crippen LogP contribution in [0.2, 0.25) is 0 Å². The monoisotopic (exact) mass is 216 g/mol. The Labute approximate surface area is 91.3 Å². The summed E-state index contributed by atoms with van der Waals surface area (Å²) in [6.07, 6.45) is 3.04. The summed E-state index contributed by atoms with van der Waals surface area (Å²) in [7, 11) is 4.34. The molecule has 0 bridgehead atoms. The van der Waals surface area contributed by atoms with Crippen molar-refractivity contribution in [2.24, 2.45) is 4.99 Å².